The van der Waals surface area contributed by atoms with E-state index >= 15 is 0 Å². The summed E-state index contributed by atoms with van der Waals surface area (Å²) in [6.45, 7) is 26.5. The Bertz CT molecular complexity index is 1600. The Kier molecular flexibility index (Phi) is 6.89. The maximum absolute atomic E-state index is 6.65. The van der Waals surface area contributed by atoms with Crippen molar-refractivity contribution in [3.05, 3.63) is 91.2 Å². The van der Waals surface area contributed by atoms with Gasteiger partial charge < -0.3 is 9.32 Å². The van der Waals surface area contributed by atoms with Crippen LogP contribution in [0.5, 0.6) is 0 Å². The van der Waals surface area contributed by atoms with Gasteiger partial charge in [-0.25, -0.2) is 4.58 Å². The van der Waals surface area contributed by atoms with Crippen molar-refractivity contribution >= 4 is 17.8 Å². The van der Waals surface area contributed by atoms with Gasteiger partial charge in [-0.1, -0.05) is 32.6 Å². The van der Waals surface area contributed by atoms with E-state index in [-0.39, 0.29) is 5.41 Å². The molecule has 200 valence electrons. The summed E-state index contributed by atoms with van der Waals surface area (Å²) in [5.74, 6) is 1.89. The molecule has 4 rings (SSSR count). The predicted molar refractivity (Wildman–Crippen MR) is 165 cm³/mol. The molecule has 0 saturated heterocycles. The molecule has 1 aliphatic carbocycles. The van der Waals surface area contributed by atoms with Crippen molar-refractivity contribution in [2.24, 2.45) is 0 Å². The van der Waals surface area contributed by atoms with Gasteiger partial charge in [0.2, 0.25) is 5.36 Å². The van der Waals surface area contributed by atoms with E-state index in [1.165, 1.54) is 77.9 Å². The van der Waals surface area contributed by atoms with Gasteiger partial charge in [-0.2, -0.15) is 0 Å². The van der Waals surface area contributed by atoms with Crippen LogP contribution >= 0.6 is 0 Å². The van der Waals surface area contributed by atoms with Gasteiger partial charge in [0, 0.05) is 35.0 Å². The molecule has 0 aromatic heterocycles. The molecule has 1 aromatic carbocycles. The second kappa shape index (κ2) is 9.45. The SMILES string of the molecule is C=Cc1c(C)c(C)c(C)c2c1C(C)(C)/C(=C\C=C\c1oc3c(C)c(=[N+](C)C)c(C)c(C)c-3c(C)c1C)N2C. The molecular formula is C35H45N2O+. The molecule has 0 bridgehead atoms. The zero-order valence-corrected chi connectivity index (χ0v) is 25.8. The third-order valence-electron chi connectivity index (χ3n) is 9.24. The van der Waals surface area contributed by atoms with Crippen LogP contribution in [0.2, 0.25) is 0 Å². The van der Waals surface area contributed by atoms with Crippen molar-refractivity contribution in [1.29, 1.82) is 0 Å². The normalized spacial score (nSPS) is 15.7. The van der Waals surface area contributed by atoms with Crippen molar-refractivity contribution in [2.45, 2.75) is 74.7 Å². The van der Waals surface area contributed by atoms with E-state index in [1.54, 1.807) is 0 Å². The van der Waals surface area contributed by atoms with Gasteiger partial charge in [0.1, 0.15) is 25.6 Å². The van der Waals surface area contributed by atoms with Crippen LogP contribution in [-0.4, -0.2) is 21.1 Å². The third kappa shape index (κ3) is 3.82. The van der Waals surface area contributed by atoms with Crippen LogP contribution in [0.15, 0.2) is 28.8 Å². The van der Waals surface area contributed by atoms with Crippen LogP contribution in [0.4, 0.5) is 5.69 Å². The molecule has 0 unspecified atom stereocenters. The highest BCUT2D eigenvalue weighted by molar-refractivity contribution is 5.82. The fourth-order valence-corrected chi connectivity index (χ4v) is 6.76. The van der Waals surface area contributed by atoms with Gasteiger partial charge in [0.25, 0.3) is 0 Å². The smallest absolute Gasteiger partial charge is 0.209 e. The quantitative estimate of drug-likeness (QED) is 0.335. The Morgan fingerprint density at radius 2 is 1.39 bits per heavy atom. The first-order valence-electron chi connectivity index (χ1n) is 13.6. The van der Waals surface area contributed by atoms with E-state index in [0.29, 0.717) is 0 Å². The summed E-state index contributed by atoms with van der Waals surface area (Å²) >= 11 is 0. The van der Waals surface area contributed by atoms with E-state index < -0.39 is 0 Å². The molecule has 2 aliphatic heterocycles. The zero-order chi connectivity index (χ0) is 28.4. The topological polar surface area (TPSA) is 19.4 Å². The Labute approximate surface area is 229 Å². The molecule has 0 atom stereocenters. The number of rotatable bonds is 3. The first-order chi connectivity index (χ1) is 17.7. The van der Waals surface area contributed by atoms with Crippen LogP contribution in [0.1, 0.15) is 75.2 Å². The molecule has 2 heterocycles. The van der Waals surface area contributed by atoms with Crippen molar-refractivity contribution in [1.82, 2.24) is 4.58 Å². The summed E-state index contributed by atoms with van der Waals surface area (Å²) in [6.07, 6.45) is 8.57. The average molecular weight is 510 g/mol. The van der Waals surface area contributed by atoms with E-state index in [0.717, 1.165) is 11.5 Å². The maximum Gasteiger partial charge on any atom is 0.209 e. The Balaban J connectivity index is 1.89. The molecule has 3 nitrogen and oxygen atoms in total. The number of hydrogen-bond donors (Lipinski definition) is 0. The van der Waals surface area contributed by atoms with Crippen molar-refractivity contribution in [3.8, 4) is 11.3 Å². The Morgan fingerprint density at radius 3 is 1.97 bits per heavy atom. The summed E-state index contributed by atoms with van der Waals surface area (Å²) in [5, 5.41) is 1.24. The van der Waals surface area contributed by atoms with Crippen molar-refractivity contribution in [3.63, 3.8) is 0 Å². The lowest BCUT2D eigenvalue weighted by molar-refractivity contribution is 0.541. The fourth-order valence-electron chi connectivity index (χ4n) is 6.76. The lowest BCUT2D eigenvalue weighted by Gasteiger charge is -2.25. The molecular weight excluding hydrogens is 464 g/mol. The molecule has 0 amide bonds. The highest BCUT2D eigenvalue weighted by Gasteiger charge is 2.41. The summed E-state index contributed by atoms with van der Waals surface area (Å²) < 4.78 is 8.85. The second-order valence-electron chi connectivity index (χ2n) is 11.8. The first-order valence-corrected chi connectivity index (χ1v) is 13.6. The third-order valence-corrected chi connectivity index (χ3v) is 9.24. The van der Waals surface area contributed by atoms with Crippen LogP contribution < -0.4 is 14.8 Å². The molecule has 1 aromatic rings. The highest BCUT2D eigenvalue weighted by atomic mass is 16.3. The van der Waals surface area contributed by atoms with Gasteiger partial charge in [-0.3, -0.25) is 0 Å². The van der Waals surface area contributed by atoms with Gasteiger partial charge in [-0.15, -0.1) is 0 Å². The fraction of sp³-hybridized carbons (Fsp3) is 0.400. The minimum absolute atomic E-state index is 0.140. The Morgan fingerprint density at radius 1 is 0.789 bits per heavy atom. The number of fused-ring (bicyclic) bond motifs is 2. The standard InChI is InChI=1S/C35H45N2O/c1-15-27-20(3)19(2)24(7)33-31(27)35(10,11)29(37(33)14)18-16-17-28-21(4)22(5)30-23(6)25(8)32(36(12)13)26(9)34(30)38-28/h15-18H,1H2,2-14H3/q+1. The minimum atomic E-state index is -0.140. The average Bonchev–Trinajstić information content (AvgIpc) is 3.04. The largest absolute Gasteiger partial charge is 0.456 e. The van der Waals surface area contributed by atoms with Crippen LogP contribution in [0, 0.1) is 55.4 Å². The number of benzene rings is 2. The number of nitrogens with zero attached hydrogens (tertiary/aromatic N) is 2. The van der Waals surface area contributed by atoms with Crippen molar-refractivity contribution in [2.75, 3.05) is 26.0 Å². The molecule has 3 aliphatic rings. The van der Waals surface area contributed by atoms with Crippen LogP contribution in [0.3, 0.4) is 0 Å². The summed E-state index contributed by atoms with van der Waals surface area (Å²) in [5.41, 5.74) is 16.6. The van der Waals surface area contributed by atoms with E-state index in [9.17, 15) is 0 Å². The zero-order valence-electron chi connectivity index (χ0n) is 25.8. The number of allylic oxidation sites excluding steroid dienone is 3. The molecule has 0 fully saturated rings. The van der Waals surface area contributed by atoms with Crippen LogP contribution in [0.25, 0.3) is 23.5 Å². The van der Waals surface area contributed by atoms with E-state index in [1.807, 2.05) is 6.08 Å². The van der Waals surface area contributed by atoms with Gasteiger partial charge in [-0.05, 0) is 112 Å². The van der Waals surface area contributed by atoms with E-state index in [4.69, 9.17) is 4.42 Å². The monoisotopic (exact) mass is 509 g/mol. The van der Waals surface area contributed by atoms with Crippen molar-refractivity contribution < 1.29 is 4.42 Å². The van der Waals surface area contributed by atoms with Gasteiger partial charge in [0.05, 0.1) is 5.56 Å². The second-order valence-corrected chi connectivity index (χ2v) is 11.8. The number of likely N-dealkylation sites (N-methyl/N-ethyl adjacent to an activating group) is 1. The number of hydrogen-bond acceptors (Lipinski definition) is 2. The lowest BCUT2D eigenvalue weighted by Crippen LogP contribution is -2.29. The molecule has 0 saturated carbocycles. The highest BCUT2D eigenvalue weighted by Crippen LogP contribution is 2.52. The minimum Gasteiger partial charge on any atom is -0.456 e. The maximum atomic E-state index is 6.65. The number of anilines is 1. The molecule has 0 N–H and O–H groups in total. The predicted octanol–water partition coefficient (Wildman–Crippen LogP) is 7.85. The van der Waals surface area contributed by atoms with Gasteiger partial charge in [0.15, 0.2) is 0 Å². The summed E-state index contributed by atoms with van der Waals surface area (Å²) in [6, 6.07) is 0. The molecule has 0 radical (unpaired) electrons. The molecule has 38 heavy (non-hydrogen) atoms. The lowest BCUT2D eigenvalue weighted by atomic mass is 9.78. The molecule has 0 spiro atoms. The Hall–Kier alpha value is -3.33. The van der Waals surface area contributed by atoms with E-state index in [2.05, 4.69) is 125 Å². The first kappa shape index (κ1) is 27.7. The summed E-state index contributed by atoms with van der Waals surface area (Å²) in [7, 11) is 6.40. The summed E-state index contributed by atoms with van der Waals surface area (Å²) in [4.78, 5) is 2.36. The van der Waals surface area contributed by atoms with Crippen LogP contribution in [-0.2, 0) is 5.41 Å². The molecule has 3 heteroatoms. The van der Waals surface area contributed by atoms with Gasteiger partial charge >= 0.3 is 0 Å².